The van der Waals surface area contributed by atoms with E-state index < -0.39 is 9.84 Å². The lowest BCUT2D eigenvalue weighted by molar-refractivity contribution is 0.000660. The molecular weight excluding hydrogens is 274 g/mol. The topological polar surface area (TPSA) is 55.4 Å². The first kappa shape index (κ1) is 17.0. The zero-order chi connectivity index (χ0) is 15.2. The average Bonchev–Trinajstić information content (AvgIpc) is 2.37. The van der Waals surface area contributed by atoms with Gasteiger partial charge >= 0.3 is 0 Å². The molecule has 0 unspecified atom stereocenters. The van der Waals surface area contributed by atoms with Crippen molar-refractivity contribution >= 4 is 15.5 Å². The summed E-state index contributed by atoms with van der Waals surface area (Å²) in [6.07, 6.45) is 0.612. The number of ether oxygens (including phenoxy) is 1. The Kier molecular flexibility index (Phi) is 6.02. The molecule has 20 heavy (non-hydrogen) atoms. The summed E-state index contributed by atoms with van der Waals surface area (Å²) >= 11 is 0. The van der Waals surface area contributed by atoms with Crippen LogP contribution in [0.25, 0.3) is 0 Å². The van der Waals surface area contributed by atoms with Gasteiger partial charge in [0.2, 0.25) is 0 Å². The molecule has 0 spiro atoms. The van der Waals surface area contributed by atoms with Crippen molar-refractivity contribution in [1.29, 1.82) is 0 Å². The maximum Gasteiger partial charge on any atom is 0.180 e. The fourth-order valence-electron chi connectivity index (χ4n) is 2.01. The van der Waals surface area contributed by atoms with Crippen LogP contribution in [0.4, 0.5) is 5.69 Å². The number of hydrogen-bond donors (Lipinski definition) is 1. The van der Waals surface area contributed by atoms with Crippen LogP contribution in [-0.2, 0) is 14.6 Å². The standard InChI is InChI=1S/C15H25NO3S/c1-5-11-20(17,18)14-10-8-7-9-13(14)16-12-15(3,4)19-6-2/h7-10,16H,5-6,11-12H2,1-4H3. The summed E-state index contributed by atoms with van der Waals surface area (Å²) in [5, 5.41) is 3.20. The second-order valence-corrected chi connectivity index (χ2v) is 7.44. The number of para-hydroxylation sites is 1. The maximum absolute atomic E-state index is 12.2. The Morgan fingerprint density at radius 3 is 2.45 bits per heavy atom. The lowest BCUT2D eigenvalue weighted by Crippen LogP contribution is -2.33. The SMILES string of the molecule is CCCS(=O)(=O)c1ccccc1NCC(C)(C)OCC. The second kappa shape index (κ2) is 7.09. The van der Waals surface area contributed by atoms with Gasteiger partial charge in [0.05, 0.1) is 21.9 Å². The van der Waals surface area contributed by atoms with Gasteiger partial charge in [-0.05, 0) is 39.3 Å². The van der Waals surface area contributed by atoms with E-state index in [0.717, 1.165) is 0 Å². The molecular formula is C15H25NO3S. The minimum absolute atomic E-state index is 0.167. The number of benzene rings is 1. The quantitative estimate of drug-likeness (QED) is 0.801. The molecule has 0 saturated heterocycles. The minimum atomic E-state index is -3.22. The lowest BCUT2D eigenvalue weighted by atomic mass is 10.1. The zero-order valence-corrected chi connectivity index (χ0v) is 13.6. The third-order valence-corrected chi connectivity index (χ3v) is 4.91. The Bertz CT molecular complexity index is 524. The number of hydrogen-bond acceptors (Lipinski definition) is 4. The van der Waals surface area contributed by atoms with E-state index in [4.69, 9.17) is 4.74 Å². The van der Waals surface area contributed by atoms with Crippen molar-refractivity contribution in [2.24, 2.45) is 0 Å². The fraction of sp³-hybridized carbons (Fsp3) is 0.600. The number of rotatable bonds is 8. The van der Waals surface area contributed by atoms with Gasteiger partial charge in [-0.25, -0.2) is 8.42 Å². The Labute approximate surface area is 122 Å². The van der Waals surface area contributed by atoms with Crippen molar-refractivity contribution in [3.8, 4) is 0 Å². The molecule has 5 heteroatoms. The van der Waals surface area contributed by atoms with Crippen LogP contribution in [0.2, 0.25) is 0 Å². The molecule has 114 valence electrons. The van der Waals surface area contributed by atoms with Crippen molar-refractivity contribution in [1.82, 2.24) is 0 Å². The Hall–Kier alpha value is -1.07. The van der Waals surface area contributed by atoms with Crippen LogP contribution in [0.3, 0.4) is 0 Å². The highest BCUT2D eigenvalue weighted by Gasteiger charge is 2.21. The van der Waals surface area contributed by atoms with Gasteiger partial charge in [-0.1, -0.05) is 19.1 Å². The van der Waals surface area contributed by atoms with E-state index in [1.54, 1.807) is 18.2 Å². The van der Waals surface area contributed by atoms with Crippen LogP contribution in [0.15, 0.2) is 29.2 Å². The first-order valence-corrected chi connectivity index (χ1v) is 8.67. The third-order valence-electron chi connectivity index (χ3n) is 2.93. The first-order valence-electron chi connectivity index (χ1n) is 7.02. The maximum atomic E-state index is 12.2. The largest absolute Gasteiger partial charge is 0.381 e. The summed E-state index contributed by atoms with van der Waals surface area (Å²) in [5.74, 6) is 0.167. The highest BCUT2D eigenvalue weighted by Crippen LogP contribution is 2.23. The molecule has 1 aromatic rings. The number of anilines is 1. The monoisotopic (exact) mass is 299 g/mol. The molecule has 0 radical (unpaired) electrons. The van der Waals surface area contributed by atoms with Crippen molar-refractivity contribution in [2.75, 3.05) is 24.2 Å². The molecule has 0 fully saturated rings. The smallest absolute Gasteiger partial charge is 0.180 e. The Balaban J connectivity index is 2.92. The van der Waals surface area contributed by atoms with E-state index in [9.17, 15) is 8.42 Å². The fourth-order valence-corrected chi connectivity index (χ4v) is 3.53. The van der Waals surface area contributed by atoms with Gasteiger partial charge in [0, 0.05) is 13.2 Å². The van der Waals surface area contributed by atoms with E-state index in [2.05, 4.69) is 5.32 Å². The van der Waals surface area contributed by atoms with E-state index in [0.29, 0.717) is 30.2 Å². The highest BCUT2D eigenvalue weighted by molar-refractivity contribution is 7.91. The molecule has 0 aromatic heterocycles. The van der Waals surface area contributed by atoms with E-state index in [-0.39, 0.29) is 11.4 Å². The Morgan fingerprint density at radius 1 is 1.20 bits per heavy atom. The van der Waals surface area contributed by atoms with Crippen molar-refractivity contribution in [2.45, 2.75) is 44.6 Å². The second-order valence-electron chi connectivity index (χ2n) is 5.36. The van der Waals surface area contributed by atoms with Gasteiger partial charge in [-0.2, -0.15) is 0 Å². The molecule has 0 aliphatic carbocycles. The van der Waals surface area contributed by atoms with Crippen LogP contribution < -0.4 is 5.32 Å². The summed E-state index contributed by atoms with van der Waals surface area (Å²) < 4.78 is 30.1. The molecule has 1 aromatic carbocycles. The van der Waals surface area contributed by atoms with Crippen molar-refractivity contribution < 1.29 is 13.2 Å². The number of nitrogens with one attached hydrogen (secondary N) is 1. The van der Waals surface area contributed by atoms with Gasteiger partial charge in [-0.3, -0.25) is 0 Å². The molecule has 0 atom stereocenters. The normalized spacial score (nSPS) is 12.4. The molecule has 1 N–H and O–H groups in total. The van der Waals surface area contributed by atoms with Crippen molar-refractivity contribution in [3.05, 3.63) is 24.3 Å². The zero-order valence-electron chi connectivity index (χ0n) is 12.8. The molecule has 0 aliphatic rings. The molecule has 0 amide bonds. The summed E-state index contributed by atoms with van der Waals surface area (Å²) in [5.41, 5.74) is 0.310. The minimum Gasteiger partial charge on any atom is -0.381 e. The average molecular weight is 299 g/mol. The summed E-state index contributed by atoms with van der Waals surface area (Å²) in [6.45, 7) is 8.95. The Morgan fingerprint density at radius 2 is 1.85 bits per heavy atom. The third kappa shape index (κ3) is 4.80. The molecule has 0 saturated carbocycles. The first-order chi connectivity index (χ1) is 9.32. The van der Waals surface area contributed by atoms with Crippen LogP contribution in [-0.4, -0.2) is 32.9 Å². The molecule has 4 nitrogen and oxygen atoms in total. The van der Waals surface area contributed by atoms with Crippen molar-refractivity contribution in [3.63, 3.8) is 0 Å². The summed E-state index contributed by atoms with van der Waals surface area (Å²) in [4.78, 5) is 0.370. The van der Waals surface area contributed by atoms with E-state index in [1.807, 2.05) is 33.8 Å². The molecule has 0 aliphatic heterocycles. The van der Waals surface area contributed by atoms with Gasteiger partial charge in [0.25, 0.3) is 0 Å². The predicted molar refractivity (Wildman–Crippen MR) is 83.0 cm³/mol. The van der Waals surface area contributed by atoms with Crippen LogP contribution in [0, 0.1) is 0 Å². The molecule has 1 rings (SSSR count). The molecule has 0 bridgehead atoms. The molecule has 0 heterocycles. The van der Waals surface area contributed by atoms with E-state index >= 15 is 0 Å². The van der Waals surface area contributed by atoms with Gasteiger partial charge in [0.1, 0.15) is 0 Å². The van der Waals surface area contributed by atoms with Gasteiger partial charge < -0.3 is 10.1 Å². The van der Waals surface area contributed by atoms with Gasteiger partial charge in [-0.15, -0.1) is 0 Å². The van der Waals surface area contributed by atoms with Crippen LogP contribution in [0.5, 0.6) is 0 Å². The lowest BCUT2D eigenvalue weighted by Gasteiger charge is -2.26. The van der Waals surface area contributed by atoms with Gasteiger partial charge in [0.15, 0.2) is 9.84 Å². The highest BCUT2D eigenvalue weighted by atomic mass is 32.2. The number of sulfone groups is 1. The van der Waals surface area contributed by atoms with Crippen LogP contribution >= 0.6 is 0 Å². The van der Waals surface area contributed by atoms with E-state index in [1.165, 1.54) is 0 Å². The summed E-state index contributed by atoms with van der Waals surface area (Å²) in [6, 6.07) is 7.04. The van der Waals surface area contributed by atoms with Crippen LogP contribution in [0.1, 0.15) is 34.1 Å². The summed E-state index contributed by atoms with van der Waals surface area (Å²) in [7, 11) is -3.22. The predicted octanol–water partition coefficient (Wildman–Crippen LogP) is 3.10.